The van der Waals surface area contributed by atoms with Gasteiger partial charge in [-0.3, -0.25) is 4.79 Å². The fraction of sp³-hybridized carbons (Fsp3) is 0.615. The molecule has 1 aromatic heterocycles. The second-order valence-electron chi connectivity index (χ2n) is 5.22. The molecule has 0 aliphatic carbocycles. The summed E-state index contributed by atoms with van der Waals surface area (Å²) >= 11 is 1.37. The smallest absolute Gasteiger partial charge is 0.263 e. The average Bonchev–Trinajstić information content (AvgIpc) is 2.94. The molecule has 1 fully saturated rings. The van der Waals surface area contributed by atoms with Crippen molar-refractivity contribution in [1.82, 2.24) is 5.32 Å². The second-order valence-corrected chi connectivity index (χ2v) is 6.22. The van der Waals surface area contributed by atoms with Gasteiger partial charge in [-0.1, -0.05) is 0 Å². The third kappa shape index (κ3) is 2.83. The third-order valence-corrected chi connectivity index (χ3v) is 4.43. The van der Waals surface area contributed by atoms with Gasteiger partial charge in [-0.2, -0.15) is 0 Å². The Balaban J connectivity index is 2.40. The van der Waals surface area contributed by atoms with Crippen LogP contribution in [-0.4, -0.2) is 38.2 Å². The number of anilines is 2. The fourth-order valence-corrected chi connectivity index (χ4v) is 3.36. The zero-order valence-electron chi connectivity index (χ0n) is 12.1. The van der Waals surface area contributed by atoms with E-state index in [2.05, 4.69) is 10.2 Å². The molecular formula is C13H22N4O2S. The molecule has 1 aromatic rings. The molecule has 5 N–H and O–H groups in total. The minimum Gasteiger partial charge on any atom is -0.486 e. The number of nitrogens with two attached hydrogens (primary N) is 2. The first kappa shape index (κ1) is 14.9. The van der Waals surface area contributed by atoms with Gasteiger partial charge in [-0.25, -0.2) is 0 Å². The summed E-state index contributed by atoms with van der Waals surface area (Å²) in [6.45, 7) is 5.51. The van der Waals surface area contributed by atoms with Crippen LogP contribution in [0.15, 0.2) is 0 Å². The Hall–Kier alpha value is -1.47. The van der Waals surface area contributed by atoms with E-state index in [1.165, 1.54) is 11.3 Å². The molecule has 0 bridgehead atoms. The number of amides is 1. The summed E-state index contributed by atoms with van der Waals surface area (Å²) in [6, 6.07) is 0.161. The van der Waals surface area contributed by atoms with Crippen molar-refractivity contribution in [2.24, 2.45) is 5.73 Å². The van der Waals surface area contributed by atoms with Crippen molar-refractivity contribution in [3.8, 4) is 5.75 Å². The van der Waals surface area contributed by atoms with Gasteiger partial charge in [0, 0.05) is 26.2 Å². The molecule has 1 aliphatic rings. The number of hydrogen-bond acceptors (Lipinski definition) is 6. The monoisotopic (exact) mass is 298 g/mol. The molecule has 1 unspecified atom stereocenters. The van der Waals surface area contributed by atoms with Crippen molar-refractivity contribution in [1.29, 1.82) is 0 Å². The number of nitrogens with zero attached hydrogens (tertiary/aromatic N) is 1. The van der Waals surface area contributed by atoms with Gasteiger partial charge in [0.2, 0.25) is 0 Å². The van der Waals surface area contributed by atoms with Crippen molar-refractivity contribution in [2.75, 3.05) is 30.8 Å². The minimum atomic E-state index is -0.184. The number of nitrogens with one attached hydrogen (secondary N) is 1. The molecule has 2 heterocycles. The Bertz CT molecular complexity index is 501. The molecule has 1 aliphatic heterocycles. The van der Waals surface area contributed by atoms with Crippen LogP contribution in [0.2, 0.25) is 0 Å². The lowest BCUT2D eigenvalue weighted by Gasteiger charge is -2.19. The van der Waals surface area contributed by atoms with Crippen molar-refractivity contribution in [2.45, 2.75) is 32.4 Å². The van der Waals surface area contributed by atoms with E-state index in [1.54, 1.807) is 7.05 Å². The largest absolute Gasteiger partial charge is 0.486 e. The summed E-state index contributed by atoms with van der Waals surface area (Å²) in [6.07, 6.45) is 0.938. The van der Waals surface area contributed by atoms with Crippen molar-refractivity contribution in [3.05, 3.63) is 4.88 Å². The van der Waals surface area contributed by atoms with E-state index in [0.29, 0.717) is 16.3 Å². The molecule has 0 aromatic carbocycles. The molecule has 0 radical (unpaired) electrons. The van der Waals surface area contributed by atoms with Crippen LogP contribution in [0.1, 0.15) is 29.9 Å². The number of hydrogen-bond donors (Lipinski definition) is 3. The summed E-state index contributed by atoms with van der Waals surface area (Å²) in [5.41, 5.74) is 12.5. The molecule has 1 atom stereocenters. The predicted molar refractivity (Wildman–Crippen MR) is 82.7 cm³/mol. The van der Waals surface area contributed by atoms with Crippen molar-refractivity contribution >= 4 is 27.9 Å². The molecular weight excluding hydrogens is 276 g/mol. The number of thiophene rings is 1. The SMILES string of the molecule is CNC(=O)c1sc(N2CCC(N)C2)c(OC(C)C)c1N. The Morgan fingerprint density at radius 3 is 2.75 bits per heavy atom. The fourth-order valence-electron chi connectivity index (χ4n) is 2.23. The van der Waals surface area contributed by atoms with Gasteiger partial charge >= 0.3 is 0 Å². The van der Waals surface area contributed by atoms with Crippen LogP contribution >= 0.6 is 11.3 Å². The van der Waals surface area contributed by atoms with Crippen LogP contribution < -0.4 is 26.4 Å². The first-order valence-electron chi connectivity index (χ1n) is 6.75. The number of carbonyl (C=O) groups is 1. The van der Waals surface area contributed by atoms with Gasteiger partial charge < -0.3 is 26.4 Å². The van der Waals surface area contributed by atoms with Crippen molar-refractivity contribution < 1.29 is 9.53 Å². The normalized spacial score (nSPS) is 18.6. The third-order valence-electron chi connectivity index (χ3n) is 3.18. The topological polar surface area (TPSA) is 93.6 Å². The molecule has 0 saturated carbocycles. The van der Waals surface area contributed by atoms with E-state index in [9.17, 15) is 4.79 Å². The molecule has 20 heavy (non-hydrogen) atoms. The Morgan fingerprint density at radius 2 is 2.25 bits per heavy atom. The van der Waals surface area contributed by atoms with E-state index in [4.69, 9.17) is 16.2 Å². The van der Waals surface area contributed by atoms with Gasteiger partial charge in [-0.15, -0.1) is 11.3 Å². The zero-order valence-corrected chi connectivity index (χ0v) is 12.9. The highest BCUT2D eigenvalue weighted by Gasteiger charge is 2.29. The number of nitrogen functional groups attached to an aromatic ring is 1. The summed E-state index contributed by atoms with van der Waals surface area (Å²) in [7, 11) is 1.59. The van der Waals surface area contributed by atoms with Crippen molar-refractivity contribution in [3.63, 3.8) is 0 Å². The maximum absolute atomic E-state index is 11.9. The maximum Gasteiger partial charge on any atom is 0.263 e. The van der Waals surface area contributed by atoms with Crippen LogP contribution in [0.25, 0.3) is 0 Å². The molecule has 7 heteroatoms. The van der Waals surface area contributed by atoms with E-state index in [1.807, 2.05) is 13.8 Å². The molecule has 2 rings (SSSR count). The zero-order chi connectivity index (χ0) is 14.9. The average molecular weight is 298 g/mol. The first-order valence-corrected chi connectivity index (χ1v) is 7.57. The molecule has 1 amide bonds. The number of ether oxygens (including phenoxy) is 1. The Labute approximate surface area is 123 Å². The van der Waals surface area contributed by atoms with E-state index < -0.39 is 0 Å². The minimum absolute atomic E-state index is 0.000496. The summed E-state index contributed by atoms with van der Waals surface area (Å²) < 4.78 is 5.82. The number of rotatable bonds is 4. The maximum atomic E-state index is 11.9. The lowest BCUT2D eigenvalue weighted by atomic mass is 10.3. The van der Waals surface area contributed by atoms with Crippen LogP contribution in [-0.2, 0) is 0 Å². The molecule has 1 saturated heterocycles. The standard InChI is InChI=1S/C13H22N4O2S/c1-7(2)19-10-9(15)11(12(18)16-3)20-13(10)17-5-4-8(14)6-17/h7-8H,4-6,14-15H2,1-3H3,(H,16,18). The Morgan fingerprint density at radius 1 is 1.55 bits per heavy atom. The van der Waals surface area contributed by atoms with Gasteiger partial charge in [0.25, 0.3) is 5.91 Å². The quantitative estimate of drug-likeness (QED) is 0.771. The van der Waals surface area contributed by atoms with E-state index in [-0.39, 0.29) is 18.1 Å². The lowest BCUT2D eigenvalue weighted by Crippen LogP contribution is -2.26. The highest BCUT2D eigenvalue weighted by molar-refractivity contribution is 7.19. The molecule has 6 nitrogen and oxygen atoms in total. The van der Waals surface area contributed by atoms with Crippen LogP contribution in [0.3, 0.4) is 0 Å². The Kier molecular flexibility index (Phi) is 4.39. The summed E-state index contributed by atoms with van der Waals surface area (Å²) in [4.78, 5) is 14.5. The van der Waals surface area contributed by atoms with Gasteiger partial charge in [0.05, 0.1) is 6.10 Å². The number of carbonyl (C=O) groups excluding carboxylic acids is 1. The lowest BCUT2D eigenvalue weighted by molar-refractivity contribution is 0.0967. The highest BCUT2D eigenvalue weighted by atomic mass is 32.1. The van der Waals surface area contributed by atoms with Crippen LogP contribution in [0.5, 0.6) is 5.75 Å². The molecule has 112 valence electrons. The van der Waals surface area contributed by atoms with Gasteiger partial charge in [0.1, 0.15) is 15.6 Å². The van der Waals surface area contributed by atoms with Crippen LogP contribution in [0.4, 0.5) is 10.7 Å². The van der Waals surface area contributed by atoms with E-state index in [0.717, 1.165) is 24.5 Å². The molecule has 0 spiro atoms. The van der Waals surface area contributed by atoms with Gasteiger partial charge in [0.15, 0.2) is 5.75 Å². The second kappa shape index (κ2) is 5.88. The summed E-state index contributed by atoms with van der Waals surface area (Å²) in [5, 5.41) is 3.51. The van der Waals surface area contributed by atoms with Crippen LogP contribution in [0, 0.1) is 0 Å². The first-order chi connectivity index (χ1) is 9.43. The highest BCUT2D eigenvalue weighted by Crippen LogP contribution is 2.46. The van der Waals surface area contributed by atoms with E-state index >= 15 is 0 Å². The predicted octanol–water partition coefficient (Wildman–Crippen LogP) is 1.01. The summed E-state index contributed by atoms with van der Waals surface area (Å²) in [5.74, 6) is 0.425. The van der Waals surface area contributed by atoms with Gasteiger partial charge in [-0.05, 0) is 20.3 Å².